The lowest BCUT2D eigenvalue weighted by atomic mass is 10.1. The molecule has 0 bridgehead atoms. The first kappa shape index (κ1) is 24.0. The van der Waals surface area contributed by atoms with Gasteiger partial charge in [-0.3, -0.25) is 4.74 Å². The molecule has 0 aliphatic carbocycles. The summed E-state index contributed by atoms with van der Waals surface area (Å²) in [6.45, 7) is 0. The van der Waals surface area contributed by atoms with Gasteiger partial charge in [0.25, 0.3) is 0 Å². The average Bonchev–Trinajstić information content (AvgIpc) is 2.93. The summed E-state index contributed by atoms with van der Waals surface area (Å²) in [6, 6.07) is 40.8. The van der Waals surface area contributed by atoms with Crippen molar-refractivity contribution in [2.75, 3.05) is 7.11 Å². The summed E-state index contributed by atoms with van der Waals surface area (Å²) in [5, 5.41) is 12.6. The van der Waals surface area contributed by atoms with E-state index < -0.39 is 13.0 Å². The molecule has 172 valence electrons. The van der Waals surface area contributed by atoms with E-state index in [1.54, 1.807) is 6.08 Å². The lowest BCUT2D eigenvalue weighted by molar-refractivity contribution is -0.136. The Morgan fingerprint density at radius 2 is 1.26 bits per heavy atom. The van der Waals surface area contributed by atoms with Gasteiger partial charge in [-0.25, -0.2) is 4.79 Å². The fraction of sp³-hybridized carbons (Fsp3) is 0.0667. The minimum atomic E-state index is -2.48. The maximum absolute atomic E-state index is 12.3. The summed E-state index contributed by atoms with van der Waals surface area (Å²) < 4.78 is 10.4. The first-order chi connectivity index (χ1) is 17.2. The maximum atomic E-state index is 12.3. The van der Waals surface area contributed by atoms with Crippen LogP contribution in [0.3, 0.4) is 0 Å². The van der Waals surface area contributed by atoms with E-state index in [9.17, 15) is 10.1 Å². The van der Waals surface area contributed by atoms with Crippen molar-refractivity contribution in [1.29, 1.82) is 5.26 Å². The summed E-state index contributed by atoms with van der Waals surface area (Å²) in [7, 11) is -1.16. The van der Waals surface area contributed by atoms with Gasteiger partial charge < -0.3 is 4.74 Å². The van der Waals surface area contributed by atoms with E-state index in [4.69, 9.17) is 9.48 Å². The van der Waals surface area contributed by atoms with Crippen LogP contribution in [0.2, 0.25) is 0 Å². The molecule has 0 aromatic heterocycles. The van der Waals surface area contributed by atoms with Crippen molar-refractivity contribution in [3.63, 3.8) is 0 Å². The SMILES string of the molecule is COC(=O)/C(=C\c1ccccc1N=P(c1ccccc1)(c1ccccc1)c1ccccc1)CC#N. The minimum absolute atomic E-state index is 0.0443. The molecule has 0 atom stereocenters. The van der Waals surface area contributed by atoms with Crippen LogP contribution in [-0.4, -0.2) is 13.1 Å². The predicted octanol–water partition coefficient (Wildman–Crippen LogP) is 5.97. The second-order valence-electron chi connectivity index (χ2n) is 7.80. The Bertz CT molecular complexity index is 1320. The molecule has 0 aliphatic heterocycles. The molecule has 0 unspecified atom stereocenters. The fourth-order valence-electron chi connectivity index (χ4n) is 4.00. The van der Waals surface area contributed by atoms with E-state index in [2.05, 4.69) is 42.5 Å². The summed E-state index contributed by atoms with van der Waals surface area (Å²) >= 11 is 0. The Balaban J connectivity index is 2.09. The van der Waals surface area contributed by atoms with Gasteiger partial charge in [0.15, 0.2) is 0 Å². The highest BCUT2D eigenvalue weighted by Gasteiger charge is 2.27. The zero-order valence-electron chi connectivity index (χ0n) is 19.4. The molecule has 0 heterocycles. The van der Waals surface area contributed by atoms with E-state index >= 15 is 0 Å². The first-order valence-electron chi connectivity index (χ1n) is 11.2. The van der Waals surface area contributed by atoms with Gasteiger partial charge in [-0.15, -0.1) is 0 Å². The minimum Gasteiger partial charge on any atom is -0.466 e. The van der Waals surface area contributed by atoms with Crippen LogP contribution in [0, 0.1) is 11.3 Å². The predicted molar refractivity (Wildman–Crippen MR) is 144 cm³/mol. The summed E-state index contributed by atoms with van der Waals surface area (Å²) in [5.74, 6) is -0.517. The largest absolute Gasteiger partial charge is 0.466 e. The van der Waals surface area contributed by atoms with Crippen LogP contribution in [0.1, 0.15) is 12.0 Å². The molecule has 0 saturated heterocycles. The first-order valence-corrected chi connectivity index (χ1v) is 13.0. The lowest BCUT2D eigenvalue weighted by Gasteiger charge is -2.27. The molecule has 0 aliphatic rings. The van der Waals surface area contributed by atoms with E-state index in [-0.39, 0.29) is 6.42 Å². The molecule has 0 spiro atoms. The third kappa shape index (κ3) is 5.17. The number of rotatable bonds is 7. The van der Waals surface area contributed by atoms with Crippen molar-refractivity contribution >= 4 is 40.7 Å². The molecular weight excluding hydrogens is 451 g/mol. The van der Waals surface area contributed by atoms with E-state index in [1.165, 1.54) is 7.11 Å². The second kappa shape index (κ2) is 11.3. The van der Waals surface area contributed by atoms with Crippen LogP contribution in [-0.2, 0) is 9.53 Å². The quantitative estimate of drug-likeness (QED) is 0.188. The van der Waals surface area contributed by atoms with Gasteiger partial charge in [-0.2, -0.15) is 5.26 Å². The van der Waals surface area contributed by atoms with Crippen LogP contribution in [0.4, 0.5) is 5.69 Å². The number of ether oxygens (including phenoxy) is 1. The highest BCUT2D eigenvalue weighted by molar-refractivity contribution is 7.87. The molecule has 0 radical (unpaired) electrons. The maximum Gasteiger partial charge on any atom is 0.334 e. The Morgan fingerprint density at radius 3 is 1.71 bits per heavy atom. The number of nitrogens with zero attached hydrogens (tertiary/aromatic N) is 2. The van der Waals surface area contributed by atoms with Gasteiger partial charge in [0.2, 0.25) is 0 Å². The molecule has 4 rings (SSSR count). The second-order valence-corrected chi connectivity index (χ2v) is 10.8. The highest BCUT2D eigenvalue weighted by Crippen LogP contribution is 2.49. The molecule has 4 nitrogen and oxygen atoms in total. The van der Waals surface area contributed by atoms with Crippen molar-refractivity contribution in [2.24, 2.45) is 4.74 Å². The molecule has 0 N–H and O–H groups in total. The zero-order chi connectivity index (χ0) is 24.5. The summed E-state index contributed by atoms with van der Waals surface area (Å²) in [6.07, 6.45) is 1.67. The number of hydrogen-bond donors (Lipinski definition) is 0. The van der Waals surface area contributed by atoms with Crippen molar-refractivity contribution in [3.8, 4) is 6.07 Å². The Hall–Kier alpha value is -4.19. The Labute approximate surface area is 206 Å². The van der Waals surface area contributed by atoms with Crippen molar-refractivity contribution in [3.05, 3.63) is 126 Å². The van der Waals surface area contributed by atoms with Gasteiger partial charge in [0, 0.05) is 21.5 Å². The molecule has 0 fully saturated rings. The molecule has 4 aromatic carbocycles. The number of methoxy groups -OCH3 is 1. The van der Waals surface area contributed by atoms with Gasteiger partial charge in [-0.1, -0.05) is 109 Å². The number of nitriles is 1. The number of hydrogen-bond acceptors (Lipinski definition) is 4. The Morgan fingerprint density at radius 1 is 0.800 bits per heavy atom. The topological polar surface area (TPSA) is 62.4 Å². The monoisotopic (exact) mass is 476 g/mol. The number of esters is 1. The third-order valence-corrected chi connectivity index (χ3v) is 9.28. The van der Waals surface area contributed by atoms with Crippen molar-refractivity contribution < 1.29 is 9.53 Å². The highest BCUT2D eigenvalue weighted by atomic mass is 31.2. The molecule has 35 heavy (non-hydrogen) atoms. The lowest BCUT2D eigenvalue weighted by Crippen LogP contribution is -2.25. The van der Waals surface area contributed by atoms with Crippen molar-refractivity contribution in [2.45, 2.75) is 6.42 Å². The van der Waals surface area contributed by atoms with Gasteiger partial charge in [0.05, 0.1) is 37.9 Å². The molecule has 0 saturated carbocycles. The van der Waals surface area contributed by atoms with E-state index in [0.717, 1.165) is 27.2 Å². The van der Waals surface area contributed by atoms with Crippen LogP contribution in [0.5, 0.6) is 0 Å². The smallest absolute Gasteiger partial charge is 0.334 e. The van der Waals surface area contributed by atoms with Gasteiger partial charge in [-0.05, 0) is 12.1 Å². The standard InChI is InChI=1S/C30H25N2O2P/c1-34-30(33)25(21-22-31)23-24-13-11-12-20-29(24)32-35(26-14-5-2-6-15-26,27-16-7-3-8-17-27)28-18-9-4-10-19-28/h2-20,23H,21H2,1H3/b25-23-. The van der Waals surface area contributed by atoms with Crippen LogP contribution in [0.25, 0.3) is 6.08 Å². The molecule has 5 heteroatoms. The zero-order valence-corrected chi connectivity index (χ0v) is 20.3. The van der Waals surface area contributed by atoms with Crippen LogP contribution < -0.4 is 15.9 Å². The van der Waals surface area contributed by atoms with Crippen molar-refractivity contribution in [1.82, 2.24) is 0 Å². The van der Waals surface area contributed by atoms with Gasteiger partial charge in [0.1, 0.15) is 0 Å². The van der Waals surface area contributed by atoms with E-state index in [0.29, 0.717) is 5.57 Å². The summed E-state index contributed by atoms with van der Waals surface area (Å²) in [4.78, 5) is 12.3. The van der Waals surface area contributed by atoms with Crippen LogP contribution in [0.15, 0.2) is 126 Å². The fourth-order valence-corrected chi connectivity index (χ4v) is 7.56. The third-order valence-electron chi connectivity index (χ3n) is 5.63. The number of carbonyl (C=O) groups excluding carboxylic acids is 1. The number of carbonyl (C=O) groups is 1. The normalized spacial score (nSPS) is 11.4. The number of benzene rings is 4. The Kier molecular flexibility index (Phi) is 7.73. The molecule has 0 amide bonds. The summed E-state index contributed by atoms with van der Waals surface area (Å²) in [5.41, 5.74) is 1.80. The van der Waals surface area contributed by atoms with Gasteiger partial charge >= 0.3 is 5.97 Å². The van der Waals surface area contributed by atoms with E-state index in [1.807, 2.05) is 78.9 Å². The molecular formula is C30H25N2O2P. The molecule has 4 aromatic rings. The average molecular weight is 477 g/mol. The van der Waals surface area contributed by atoms with Crippen LogP contribution >= 0.6 is 7.05 Å².